The molecular formula is C14H16BrN3. The highest BCUT2D eigenvalue weighted by Gasteiger charge is 2.23. The molecule has 1 fully saturated rings. The van der Waals surface area contributed by atoms with Gasteiger partial charge in [-0.1, -0.05) is 22.9 Å². The number of halogens is 1. The molecule has 1 aromatic heterocycles. The molecule has 0 bridgehead atoms. The molecule has 0 aliphatic carbocycles. The molecule has 2 heterocycles. The summed E-state index contributed by atoms with van der Waals surface area (Å²) in [5.74, 6) is 0.598. The van der Waals surface area contributed by atoms with E-state index < -0.39 is 0 Å². The minimum absolute atomic E-state index is 0.598. The Labute approximate surface area is 115 Å². The van der Waals surface area contributed by atoms with Crippen LogP contribution in [0.5, 0.6) is 0 Å². The minimum atomic E-state index is 0.598. The summed E-state index contributed by atoms with van der Waals surface area (Å²) >= 11 is 3.54. The molecule has 2 aromatic rings. The molecule has 1 N–H and O–H groups in total. The number of rotatable bonds is 3. The second-order valence-electron chi connectivity index (χ2n) is 4.67. The Kier molecular flexibility index (Phi) is 3.22. The molecule has 94 valence electrons. The number of hydrogen-bond acceptors (Lipinski definition) is 2. The first-order valence-electron chi connectivity index (χ1n) is 6.31. The Morgan fingerprint density at radius 2 is 2.28 bits per heavy atom. The lowest BCUT2D eigenvalue weighted by Crippen LogP contribution is -2.40. The first-order valence-corrected chi connectivity index (χ1v) is 7.10. The van der Waals surface area contributed by atoms with Crippen LogP contribution in [0.2, 0.25) is 0 Å². The molecule has 4 heteroatoms. The van der Waals surface area contributed by atoms with Crippen molar-refractivity contribution in [3.63, 3.8) is 0 Å². The molecule has 0 atom stereocenters. The molecule has 0 saturated carbocycles. The van der Waals surface area contributed by atoms with E-state index in [1.807, 2.05) is 12.5 Å². The Hall–Kier alpha value is -1.13. The van der Waals surface area contributed by atoms with E-state index in [0.29, 0.717) is 5.92 Å². The van der Waals surface area contributed by atoms with Gasteiger partial charge in [-0.25, -0.2) is 4.98 Å². The van der Waals surface area contributed by atoms with Gasteiger partial charge in [-0.05, 0) is 30.2 Å². The minimum Gasteiger partial charge on any atom is -0.315 e. The van der Waals surface area contributed by atoms with Gasteiger partial charge in [-0.15, -0.1) is 0 Å². The molecule has 1 aliphatic rings. The maximum Gasteiger partial charge on any atom is 0.0994 e. The van der Waals surface area contributed by atoms with E-state index in [9.17, 15) is 0 Å². The Morgan fingerprint density at radius 1 is 1.44 bits per heavy atom. The summed E-state index contributed by atoms with van der Waals surface area (Å²) in [5, 5.41) is 3.32. The largest absolute Gasteiger partial charge is 0.315 e. The molecule has 1 saturated heterocycles. The van der Waals surface area contributed by atoms with Crippen molar-refractivity contribution < 1.29 is 0 Å². The number of aromatic nitrogens is 2. The zero-order valence-corrected chi connectivity index (χ0v) is 11.9. The number of nitrogens with zero attached hydrogens (tertiary/aromatic N) is 2. The fraction of sp³-hybridized carbons (Fsp3) is 0.357. The van der Waals surface area contributed by atoms with Crippen molar-refractivity contribution in [3.8, 4) is 5.69 Å². The fourth-order valence-corrected chi connectivity index (χ4v) is 2.79. The number of hydrogen-bond donors (Lipinski definition) is 1. The quantitative estimate of drug-likeness (QED) is 0.945. The van der Waals surface area contributed by atoms with E-state index in [1.165, 1.54) is 16.9 Å². The smallest absolute Gasteiger partial charge is 0.0994 e. The van der Waals surface area contributed by atoms with Gasteiger partial charge in [0.25, 0.3) is 0 Å². The van der Waals surface area contributed by atoms with Gasteiger partial charge >= 0.3 is 0 Å². The number of nitrogens with one attached hydrogen (secondary N) is 1. The van der Waals surface area contributed by atoms with E-state index in [0.717, 1.165) is 24.0 Å². The molecule has 18 heavy (non-hydrogen) atoms. The summed E-state index contributed by atoms with van der Waals surface area (Å²) in [5.41, 5.74) is 3.90. The van der Waals surface area contributed by atoms with Crippen LogP contribution in [-0.2, 0) is 6.42 Å². The van der Waals surface area contributed by atoms with Crippen molar-refractivity contribution >= 4 is 15.9 Å². The number of imidazole rings is 1. The van der Waals surface area contributed by atoms with Crippen LogP contribution in [0, 0.1) is 0 Å². The highest BCUT2D eigenvalue weighted by atomic mass is 79.9. The van der Waals surface area contributed by atoms with Gasteiger partial charge in [-0.3, -0.25) is 0 Å². The fourth-order valence-electron chi connectivity index (χ4n) is 2.38. The Morgan fingerprint density at radius 3 is 2.94 bits per heavy atom. The van der Waals surface area contributed by atoms with Crippen molar-refractivity contribution in [1.29, 1.82) is 0 Å². The summed E-state index contributed by atoms with van der Waals surface area (Å²) in [6, 6.07) is 6.45. The van der Waals surface area contributed by atoms with Gasteiger partial charge in [0.2, 0.25) is 0 Å². The van der Waals surface area contributed by atoms with Crippen molar-refractivity contribution in [2.45, 2.75) is 19.3 Å². The third-order valence-corrected chi connectivity index (χ3v) is 4.04. The summed E-state index contributed by atoms with van der Waals surface area (Å²) < 4.78 is 3.37. The monoisotopic (exact) mass is 305 g/mol. The number of benzene rings is 1. The van der Waals surface area contributed by atoms with Gasteiger partial charge in [0.15, 0.2) is 0 Å². The lowest BCUT2D eigenvalue weighted by Gasteiger charge is -2.28. The molecule has 0 spiro atoms. The molecule has 0 radical (unpaired) electrons. The summed E-state index contributed by atoms with van der Waals surface area (Å²) in [7, 11) is 0. The van der Waals surface area contributed by atoms with Crippen molar-refractivity contribution in [2.24, 2.45) is 0 Å². The highest BCUT2D eigenvalue weighted by Crippen LogP contribution is 2.26. The summed E-state index contributed by atoms with van der Waals surface area (Å²) in [4.78, 5) is 4.32. The average Bonchev–Trinajstić information content (AvgIpc) is 2.75. The molecule has 1 aliphatic heterocycles. The van der Waals surface area contributed by atoms with Crippen LogP contribution in [0.1, 0.15) is 24.1 Å². The normalized spacial score (nSPS) is 15.7. The van der Waals surface area contributed by atoms with Crippen molar-refractivity contribution in [3.05, 3.63) is 46.5 Å². The number of aryl methyl sites for hydroxylation is 1. The van der Waals surface area contributed by atoms with Gasteiger partial charge in [0.05, 0.1) is 12.0 Å². The molecule has 1 aromatic carbocycles. The van der Waals surface area contributed by atoms with E-state index in [2.05, 4.69) is 55.9 Å². The zero-order valence-electron chi connectivity index (χ0n) is 10.4. The Balaban J connectivity index is 2.06. The second-order valence-corrected chi connectivity index (χ2v) is 5.59. The SMILES string of the molecule is CCc1cc(Br)ccc1-n1cncc1C1CNC1. The van der Waals surface area contributed by atoms with Gasteiger partial charge in [0, 0.05) is 35.4 Å². The predicted octanol–water partition coefficient (Wildman–Crippen LogP) is 2.88. The molecular weight excluding hydrogens is 290 g/mol. The molecule has 3 rings (SSSR count). The van der Waals surface area contributed by atoms with Crippen molar-refractivity contribution in [1.82, 2.24) is 14.9 Å². The molecule has 0 amide bonds. The third kappa shape index (κ3) is 1.99. The highest BCUT2D eigenvalue weighted by molar-refractivity contribution is 9.10. The summed E-state index contributed by atoms with van der Waals surface area (Å²) in [6.45, 7) is 4.31. The molecule has 0 unspecified atom stereocenters. The first kappa shape index (κ1) is 11.9. The van der Waals surface area contributed by atoms with Crippen LogP contribution in [0.3, 0.4) is 0 Å². The van der Waals surface area contributed by atoms with Crippen LogP contribution in [0.15, 0.2) is 35.2 Å². The molecule has 3 nitrogen and oxygen atoms in total. The maximum atomic E-state index is 4.32. The van der Waals surface area contributed by atoms with E-state index in [4.69, 9.17) is 0 Å². The lowest BCUT2D eigenvalue weighted by atomic mass is 9.99. The summed E-state index contributed by atoms with van der Waals surface area (Å²) in [6.07, 6.45) is 4.94. The van der Waals surface area contributed by atoms with Crippen LogP contribution >= 0.6 is 15.9 Å². The van der Waals surface area contributed by atoms with Gasteiger partial charge in [0.1, 0.15) is 0 Å². The average molecular weight is 306 g/mol. The second kappa shape index (κ2) is 4.86. The van der Waals surface area contributed by atoms with E-state index in [-0.39, 0.29) is 0 Å². The van der Waals surface area contributed by atoms with E-state index >= 15 is 0 Å². The zero-order chi connectivity index (χ0) is 12.5. The standard InChI is InChI=1S/C14H16BrN3/c1-2-10-5-12(15)3-4-13(10)18-9-17-8-14(18)11-6-16-7-11/h3-5,8-9,11,16H,2,6-7H2,1H3. The van der Waals surface area contributed by atoms with Crippen LogP contribution in [-0.4, -0.2) is 22.6 Å². The van der Waals surface area contributed by atoms with E-state index in [1.54, 1.807) is 0 Å². The third-order valence-electron chi connectivity index (χ3n) is 3.55. The maximum absolute atomic E-state index is 4.32. The van der Waals surface area contributed by atoms with Crippen LogP contribution < -0.4 is 5.32 Å². The Bertz CT molecular complexity index is 558. The topological polar surface area (TPSA) is 29.9 Å². The van der Waals surface area contributed by atoms with Crippen molar-refractivity contribution in [2.75, 3.05) is 13.1 Å². The predicted molar refractivity (Wildman–Crippen MR) is 76.3 cm³/mol. The van der Waals surface area contributed by atoms with Gasteiger partial charge < -0.3 is 9.88 Å². The lowest BCUT2D eigenvalue weighted by molar-refractivity contribution is 0.435. The van der Waals surface area contributed by atoms with Crippen LogP contribution in [0.25, 0.3) is 5.69 Å². The van der Waals surface area contributed by atoms with Gasteiger partial charge in [-0.2, -0.15) is 0 Å². The van der Waals surface area contributed by atoms with Crippen LogP contribution in [0.4, 0.5) is 0 Å². The first-order chi connectivity index (χ1) is 8.79.